The zero-order valence-electron chi connectivity index (χ0n) is 43.1. The molecule has 0 aliphatic carbocycles. The number of amides is 1. The molecule has 0 aromatic carbocycles. The van der Waals surface area contributed by atoms with Crippen LogP contribution in [0.15, 0.2) is 24.3 Å². The maximum atomic E-state index is 12.4. The minimum absolute atomic E-state index is 0.0683. The number of hydrogen-bond donors (Lipinski definition) is 3. The first kappa shape index (κ1) is 61.9. The highest BCUT2D eigenvalue weighted by atomic mass is 16.3. The molecule has 3 N–H and O–H groups in total. The van der Waals surface area contributed by atoms with E-state index in [2.05, 4.69) is 31.3 Å². The van der Waals surface area contributed by atoms with Crippen molar-refractivity contribution in [1.29, 1.82) is 0 Å². The Morgan fingerprint density at radius 2 is 0.619 bits per heavy atom. The standard InChI is InChI=1S/C59H115NO3/c1-3-5-7-9-11-13-15-17-18-19-20-21-22-23-24-25-26-27-28-29-30-31-32-33-34-35-36-37-38-39-40-41-43-45-47-49-51-53-55-59(63)60-57(56-61)58(62)54-52-50-48-46-44-42-16-14-12-10-8-6-4-2/h44,46,52,54,57-58,61-62H,3-43,45,47-51,53,55-56H2,1-2H3,(H,60,63)/b46-44+,54-52+. The lowest BCUT2D eigenvalue weighted by Gasteiger charge is -2.19. The molecule has 0 aliphatic rings. The first-order valence-electron chi connectivity index (χ1n) is 29.1. The molecule has 0 spiro atoms. The maximum absolute atomic E-state index is 12.4. The minimum atomic E-state index is -0.858. The van der Waals surface area contributed by atoms with E-state index in [9.17, 15) is 15.0 Å². The summed E-state index contributed by atoms with van der Waals surface area (Å²) in [4.78, 5) is 12.4. The maximum Gasteiger partial charge on any atom is 0.220 e. The minimum Gasteiger partial charge on any atom is -0.394 e. The Hall–Kier alpha value is -1.13. The third-order valence-corrected chi connectivity index (χ3v) is 13.7. The zero-order valence-corrected chi connectivity index (χ0v) is 43.1. The molecule has 1 amide bonds. The van der Waals surface area contributed by atoms with Crippen LogP contribution in [0.3, 0.4) is 0 Å². The number of aliphatic hydroxyl groups excluding tert-OH is 2. The van der Waals surface area contributed by atoms with Crippen LogP contribution in [-0.2, 0) is 4.79 Å². The van der Waals surface area contributed by atoms with Gasteiger partial charge in [0.2, 0.25) is 5.91 Å². The van der Waals surface area contributed by atoms with Gasteiger partial charge in [-0.25, -0.2) is 0 Å². The molecule has 0 aromatic heterocycles. The molecule has 0 rings (SSSR count). The fraction of sp³-hybridized carbons (Fsp3) is 0.915. The highest BCUT2D eigenvalue weighted by molar-refractivity contribution is 5.76. The third-order valence-electron chi connectivity index (χ3n) is 13.7. The van der Waals surface area contributed by atoms with Gasteiger partial charge in [0.1, 0.15) is 0 Å². The van der Waals surface area contributed by atoms with Crippen molar-refractivity contribution in [2.75, 3.05) is 6.61 Å². The van der Waals surface area contributed by atoms with Gasteiger partial charge in [-0.15, -0.1) is 0 Å². The largest absolute Gasteiger partial charge is 0.394 e. The Morgan fingerprint density at radius 3 is 0.921 bits per heavy atom. The summed E-state index contributed by atoms with van der Waals surface area (Å²) in [6.07, 6.45) is 73.8. The van der Waals surface area contributed by atoms with Gasteiger partial charge in [-0.1, -0.05) is 314 Å². The summed E-state index contributed by atoms with van der Waals surface area (Å²) in [5.74, 6) is -0.0683. The van der Waals surface area contributed by atoms with Crippen LogP contribution in [0, 0.1) is 0 Å². The number of rotatable bonds is 54. The molecule has 0 heterocycles. The Kier molecular flexibility index (Phi) is 54.2. The summed E-state index contributed by atoms with van der Waals surface area (Å²) >= 11 is 0. The van der Waals surface area contributed by atoms with Gasteiger partial charge >= 0.3 is 0 Å². The monoisotopic (exact) mass is 886 g/mol. The molecule has 2 atom stereocenters. The fourth-order valence-corrected chi connectivity index (χ4v) is 9.26. The van der Waals surface area contributed by atoms with E-state index in [-0.39, 0.29) is 12.5 Å². The third kappa shape index (κ3) is 51.7. The van der Waals surface area contributed by atoms with Gasteiger partial charge in [-0.3, -0.25) is 4.79 Å². The molecule has 0 radical (unpaired) electrons. The lowest BCUT2D eigenvalue weighted by atomic mass is 10.0. The van der Waals surface area contributed by atoms with E-state index in [0.29, 0.717) is 6.42 Å². The molecule has 0 saturated carbocycles. The van der Waals surface area contributed by atoms with Crippen molar-refractivity contribution in [3.63, 3.8) is 0 Å². The Morgan fingerprint density at radius 1 is 0.365 bits per heavy atom. The van der Waals surface area contributed by atoms with Crippen LogP contribution in [0.5, 0.6) is 0 Å². The van der Waals surface area contributed by atoms with Crippen molar-refractivity contribution in [2.24, 2.45) is 0 Å². The number of carbonyl (C=O) groups is 1. The Balaban J connectivity index is 3.36. The first-order chi connectivity index (χ1) is 31.2. The summed E-state index contributed by atoms with van der Waals surface area (Å²) < 4.78 is 0. The van der Waals surface area contributed by atoms with Gasteiger partial charge in [-0.05, 0) is 32.1 Å². The summed E-state index contributed by atoms with van der Waals surface area (Å²) in [5.41, 5.74) is 0. The lowest BCUT2D eigenvalue weighted by molar-refractivity contribution is -0.123. The number of unbranched alkanes of at least 4 members (excludes halogenated alkanes) is 45. The van der Waals surface area contributed by atoms with Crippen LogP contribution < -0.4 is 5.32 Å². The van der Waals surface area contributed by atoms with E-state index in [1.165, 1.54) is 276 Å². The average molecular weight is 887 g/mol. The molecule has 0 saturated heterocycles. The quantitative estimate of drug-likeness (QED) is 0.0421. The number of allylic oxidation sites excluding steroid dienone is 3. The highest BCUT2D eigenvalue weighted by Gasteiger charge is 2.18. The van der Waals surface area contributed by atoms with Gasteiger partial charge in [-0.2, -0.15) is 0 Å². The summed E-state index contributed by atoms with van der Waals surface area (Å²) in [6.45, 7) is 4.31. The van der Waals surface area contributed by atoms with Gasteiger partial charge in [0.25, 0.3) is 0 Å². The Bertz CT molecular complexity index is 916. The number of hydrogen-bond acceptors (Lipinski definition) is 3. The first-order valence-corrected chi connectivity index (χ1v) is 29.1. The molecule has 2 unspecified atom stereocenters. The van der Waals surface area contributed by atoms with E-state index in [4.69, 9.17) is 0 Å². The lowest BCUT2D eigenvalue weighted by Crippen LogP contribution is -2.45. The van der Waals surface area contributed by atoms with Crippen LogP contribution in [-0.4, -0.2) is 34.9 Å². The average Bonchev–Trinajstić information content (AvgIpc) is 3.29. The van der Waals surface area contributed by atoms with Crippen LogP contribution in [0.1, 0.15) is 328 Å². The van der Waals surface area contributed by atoms with Crippen molar-refractivity contribution < 1.29 is 15.0 Å². The topological polar surface area (TPSA) is 69.6 Å². The van der Waals surface area contributed by atoms with E-state index in [0.717, 1.165) is 32.1 Å². The Labute approximate surface area is 396 Å². The van der Waals surface area contributed by atoms with E-state index >= 15 is 0 Å². The van der Waals surface area contributed by atoms with Crippen molar-refractivity contribution >= 4 is 5.91 Å². The predicted molar refractivity (Wildman–Crippen MR) is 281 cm³/mol. The molecule has 0 aromatic rings. The molecule has 0 aliphatic heterocycles. The van der Waals surface area contributed by atoms with Crippen molar-refractivity contribution in [3.8, 4) is 0 Å². The fourth-order valence-electron chi connectivity index (χ4n) is 9.26. The van der Waals surface area contributed by atoms with Crippen LogP contribution >= 0.6 is 0 Å². The number of nitrogens with one attached hydrogen (secondary N) is 1. The molecule has 4 heteroatoms. The summed E-state index contributed by atoms with van der Waals surface area (Å²) in [5, 5.41) is 23.0. The smallest absolute Gasteiger partial charge is 0.220 e. The molecule has 0 fully saturated rings. The summed E-state index contributed by atoms with van der Waals surface area (Å²) in [7, 11) is 0. The second kappa shape index (κ2) is 55.2. The van der Waals surface area contributed by atoms with Crippen molar-refractivity contribution in [2.45, 2.75) is 341 Å². The molecular weight excluding hydrogens is 771 g/mol. The second-order valence-corrected chi connectivity index (χ2v) is 20.1. The van der Waals surface area contributed by atoms with Gasteiger partial charge in [0.15, 0.2) is 0 Å². The molecular formula is C59H115NO3. The van der Waals surface area contributed by atoms with Gasteiger partial charge < -0.3 is 15.5 Å². The van der Waals surface area contributed by atoms with Crippen molar-refractivity contribution in [1.82, 2.24) is 5.32 Å². The van der Waals surface area contributed by atoms with Gasteiger partial charge in [0.05, 0.1) is 18.8 Å². The predicted octanol–water partition coefficient (Wildman–Crippen LogP) is 19.1. The molecule has 63 heavy (non-hydrogen) atoms. The van der Waals surface area contributed by atoms with Crippen LogP contribution in [0.2, 0.25) is 0 Å². The van der Waals surface area contributed by atoms with E-state index in [1.807, 2.05) is 6.08 Å². The SMILES string of the molecule is CCCCCCCCC/C=C/CC/C=C/C(O)C(CO)NC(=O)CCCCCCCCCCCCCCCCCCCCCCCCCCCCCCCCCCCCCCCC. The van der Waals surface area contributed by atoms with E-state index in [1.54, 1.807) is 6.08 Å². The van der Waals surface area contributed by atoms with Crippen LogP contribution in [0.25, 0.3) is 0 Å². The second-order valence-electron chi connectivity index (χ2n) is 20.1. The highest BCUT2D eigenvalue weighted by Crippen LogP contribution is 2.18. The van der Waals surface area contributed by atoms with E-state index < -0.39 is 12.1 Å². The molecule has 4 nitrogen and oxygen atoms in total. The molecule has 374 valence electrons. The van der Waals surface area contributed by atoms with Crippen molar-refractivity contribution in [3.05, 3.63) is 24.3 Å². The number of aliphatic hydroxyl groups is 2. The molecule has 0 bridgehead atoms. The summed E-state index contributed by atoms with van der Waals surface area (Å²) in [6, 6.07) is -0.635. The zero-order chi connectivity index (χ0) is 45.6. The number of carbonyl (C=O) groups excluding carboxylic acids is 1. The van der Waals surface area contributed by atoms with Gasteiger partial charge in [0, 0.05) is 6.42 Å². The van der Waals surface area contributed by atoms with Crippen LogP contribution in [0.4, 0.5) is 0 Å². The normalized spacial score (nSPS) is 12.9.